The van der Waals surface area contributed by atoms with Crippen LogP contribution in [0.25, 0.3) is 0 Å². The van der Waals surface area contributed by atoms with Crippen LogP contribution in [0, 0.1) is 10.8 Å². The van der Waals surface area contributed by atoms with E-state index in [0.29, 0.717) is 5.57 Å². The lowest BCUT2D eigenvalue weighted by molar-refractivity contribution is -0.348. The number of cyclic esters (lactones) is 1. The number of esters is 5. The van der Waals surface area contributed by atoms with E-state index in [4.69, 9.17) is 37.9 Å². The molecule has 0 saturated carbocycles. The van der Waals surface area contributed by atoms with Crippen molar-refractivity contribution < 1.29 is 82.3 Å². The van der Waals surface area contributed by atoms with E-state index in [-0.39, 0.29) is 50.5 Å². The molecule has 0 aromatic rings. The molecular formula is C41H60O17. The summed E-state index contributed by atoms with van der Waals surface area (Å²) in [7, 11) is 2.40. The fraction of sp³-hybridized carbons (Fsp3) is 0.732. The van der Waals surface area contributed by atoms with Gasteiger partial charge in [0.05, 0.1) is 62.7 Å². The molecule has 11 atom stereocenters. The van der Waals surface area contributed by atoms with E-state index in [0.717, 1.165) is 20.1 Å². The summed E-state index contributed by atoms with van der Waals surface area (Å²) < 4.78 is 46.0. The molecule has 0 aromatic heterocycles. The molecule has 4 aliphatic heterocycles. The number of carbonyl (C=O) groups excluding carboxylic acids is 5. The zero-order valence-electron chi connectivity index (χ0n) is 34.8. The van der Waals surface area contributed by atoms with Crippen LogP contribution in [0.4, 0.5) is 0 Å². The lowest BCUT2D eigenvalue weighted by Crippen LogP contribution is -2.62. The van der Waals surface area contributed by atoms with Crippen molar-refractivity contribution >= 4 is 29.8 Å². The maximum Gasteiger partial charge on any atom is 0.330 e. The van der Waals surface area contributed by atoms with Crippen LogP contribution in [-0.4, -0.2) is 131 Å². The van der Waals surface area contributed by atoms with Crippen LogP contribution >= 0.6 is 0 Å². The molecule has 0 aliphatic carbocycles. The Bertz CT molecular complexity index is 1630. The second-order valence-electron chi connectivity index (χ2n) is 16.9. The first-order valence-electron chi connectivity index (χ1n) is 19.5. The number of methoxy groups -OCH3 is 2. The molecule has 6 bridgehead atoms. The van der Waals surface area contributed by atoms with E-state index in [1.807, 2.05) is 0 Å². The van der Waals surface area contributed by atoms with E-state index in [2.05, 4.69) is 0 Å². The quantitative estimate of drug-likeness (QED) is 0.135. The first-order valence-corrected chi connectivity index (χ1v) is 19.5. The molecule has 0 unspecified atom stereocenters. The zero-order chi connectivity index (χ0) is 43.4. The fourth-order valence-corrected chi connectivity index (χ4v) is 8.11. The van der Waals surface area contributed by atoms with Gasteiger partial charge in [0.25, 0.3) is 0 Å². The minimum absolute atomic E-state index is 0.0778. The molecule has 3 fully saturated rings. The third kappa shape index (κ3) is 11.1. The Hall–Kier alpha value is -3.71. The Kier molecular flexibility index (Phi) is 15.1. The summed E-state index contributed by atoms with van der Waals surface area (Å²) in [5.74, 6) is -8.15. The van der Waals surface area contributed by atoms with Crippen molar-refractivity contribution in [3.05, 3.63) is 35.5 Å². The van der Waals surface area contributed by atoms with Crippen molar-refractivity contribution in [1.29, 1.82) is 0 Å². The highest BCUT2D eigenvalue weighted by Gasteiger charge is 2.59. The van der Waals surface area contributed by atoms with E-state index in [1.165, 1.54) is 27.0 Å². The van der Waals surface area contributed by atoms with Crippen molar-refractivity contribution in [2.45, 2.75) is 166 Å². The van der Waals surface area contributed by atoms with Gasteiger partial charge < -0.3 is 58.3 Å². The molecule has 17 nitrogen and oxygen atoms in total. The number of fused-ring (bicyclic) bond motifs is 6. The van der Waals surface area contributed by atoms with Gasteiger partial charge in [0.15, 0.2) is 11.9 Å². The Labute approximate surface area is 338 Å². The molecule has 0 spiro atoms. The number of aliphatic hydroxyl groups is 4. The van der Waals surface area contributed by atoms with Gasteiger partial charge in [-0.05, 0) is 31.8 Å². The van der Waals surface area contributed by atoms with Crippen LogP contribution < -0.4 is 0 Å². The normalized spacial score (nSPS) is 38.0. The first kappa shape index (κ1) is 47.0. The Balaban J connectivity index is 1.88. The van der Waals surface area contributed by atoms with Crippen LogP contribution in [-0.2, 0) is 61.9 Å². The zero-order valence-corrected chi connectivity index (χ0v) is 34.8. The highest BCUT2D eigenvalue weighted by molar-refractivity contribution is 5.83. The Morgan fingerprint density at radius 2 is 1.48 bits per heavy atom. The summed E-state index contributed by atoms with van der Waals surface area (Å²) in [6.07, 6.45) is -5.03. The Morgan fingerprint density at radius 1 is 0.845 bits per heavy atom. The van der Waals surface area contributed by atoms with Crippen LogP contribution in [0.1, 0.15) is 99.8 Å². The van der Waals surface area contributed by atoms with Gasteiger partial charge in [0.1, 0.15) is 12.2 Å². The van der Waals surface area contributed by atoms with E-state index < -0.39 is 114 Å². The van der Waals surface area contributed by atoms with Gasteiger partial charge in [-0.3, -0.25) is 14.4 Å². The molecule has 4 heterocycles. The van der Waals surface area contributed by atoms with Gasteiger partial charge in [0, 0.05) is 57.1 Å². The topological polar surface area (TPSA) is 240 Å². The molecule has 4 rings (SSSR count). The summed E-state index contributed by atoms with van der Waals surface area (Å²) in [4.78, 5) is 63.2. The molecule has 3 saturated heterocycles. The molecule has 17 heteroatoms. The molecule has 4 aliphatic rings. The average molecular weight is 825 g/mol. The fourth-order valence-electron chi connectivity index (χ4n) is 8.11. The summed E-state index contributed by atoms with van der Waals surface area (Å²) in [6.45, 7) is 10.3. The second kappa shape index (κ2) is 18.7. The van der Waals surface area contributed by atoms with Crippen LogP contribution in [0.15, 0.2) is 35.5 Å². The van der Waals surface area contributed by atoms with Crippen molar-refractivity contribution in [1.82, 2.24) is 0 Å². The molecule has 0 aromatic carbocycles. The SMILES string of the molecule is COC(=O)/C=C1/C[C@H]2C[C@]3(O)O[C@H](C[C@@H](O)CC(=O)O[C@@H]([C@@H](C)O)C[C@@H]4C/C(=C\C(=O)OC)[C@@H](OC(C)=O)[C@@](O)(O4)C(C)(C)/C=C/[C@@H](C1)O2)C[C@H](OC(C)=O)C3(C)C. The van der Waals surface area contributed by atoms with Crippen LogP contribution in [0.2, 0.25) is 0 Å². The highest BCUT2D eigenvalue weighted by atomic mass is 16.7. The largest absolute Gasteiger partial charge is 0.466 e. The van der Waals surface area contributed by atoms with E-state index in [9.17, 15) is 44.4 Å². The van der Waals surface area contributed by atoms with Crippen LogP contribution in [0.5, 0.6) is 0 Å². The summed E-state index contributed by atoms with van der Waals surface area (Å²) in [5, 5.41) is 46.9. The van der Waals surface area contributed by atoms with Crippen molar-refractivity contribution in [2.24, 2.45) is 10.8 Å². The van der Waals surface area contributed by atoms with Gasteiger partial charge in [0.2, 0.25) is 5.79 Å². The van der Waals surface area contributed by atoms with E-state index in [1.54, 1.807) is 39.8 Å². The molecule has 0 amide bonds. The average Bonchev–Trinajstić information content (AvgIpc) is 3.09. The second-order valence-corrected chi connectivity index (χ2v) is 16.9. The molecule has 0 radical (unpaired) electrons. The predicted molar refractivity (Wildman–Crippen MR) is 201 cm³/mol. The monoisotopic (exact) mass is 824 g/mol. The third-order valence-electron chi connectivity index (χ3n) is 11.5. The van der Waals surface area contributed by atoms with Crippen molar-refractivity contribution in [3.63, 3.8) is 0 Å². The summed E-state index contributed by atoms with van der Waals surface area (Å²) >= 11 is 0. The molecule has 326 valence electrons. The standard InChI is InChI=1S/C41H60O17/c1-22(42)32-19-29-15-26(16-35(47)52-9)37(54-24(3)44)41(50,58-29)38(4,5)11-10-28-12-25(14-34(46)51-8)13-31(55-28)21-40(49)39(6,7)33(53-23(2)43)20-30(57-40)17-27(45)18-36(48)56-32/h10-11,14,16,22,27-33,37,42,45,49-50H,12-13,15,17-21H2,1-9H3/b11-10+,25-14+,26-16+/t22-,27-,28+,29+,30-,31+,32-,33+,37-,40+,41-/m1/s1. The van der Waals surface area contributed by atoms with E-state index >= 15 is 0 Å². The minimum Gasteiger partial charge on any atom is -0.466 e. The molecule has 58 heavy (non-hydrogen) atoms. The smallest absolute Gasteiger partial charge is 0.330 e. The van der Waals surface area contributed by atoms with Gasteiger partial charge in [-0.25, -0.2) is 9.59 Å². The number of ether oxygens (including phenoxy) is 8. The Morgan fingerprint density at radius 3 is 2.09 bits per heavy atom. The maximum atomic E-state index is 13.3. The van der Waals surface area contributed by atoms with Crippen molar-refractivity contribution in [2.75, 3.05) is 14.2 Å². The van der Waals surface area contributed by atoms with Gasteiger partial charge in [-0.15, -0.1) is 0 Å². The molecule has 4 N–H and O–H groups in total. The molecular weight excluding hydrogens is 764 g/mol. The van der Waals surface area contributed by atoms with Crippen LogP contribution in [0.3, 0.4) is 0 Å². The predicted octanol–water partition coefficient (Wildman–Crippen LogP) is 2.39. The highest BCUT2D eigenvalue weighted by Crippen LogP contribution is 2.50. The first-order chi connectivity index (χ1) is 26.9. The van der Waals surface area contributed by atoms with Gasteiger partial charge in [-0.2, -0.15) is 0 Å². The maximum absolute atomic E-state index is 13.3. The summed E-state index contributed by atoms with van der Waals surface area (Å²) in [5.41, 5.74) is -1.97. The van der Waals surface area contributed by atoms with Gasteiger partial charge in [-0.1, -0.05) is 45.4 Å². The summed E-state index contributed by atoms with van der Waals surface area (Å²) in [6, 6.07) is 0. The van der Waals surface area contributed by atoms with Gasteiger partial charge >= 0.3 is 29.8 Å². The third-order valence-corrected chi connectivity index (χ3v) is 11.5. The number of rotatable bonds is 5. The minimum atomic E-state index is -2.41. The number of carbonyl (C=O) groups is 5. The number of aliphatic hydroxyl groups excluding tert-OH is 2. The number of hydrogen-bond acceptors (Lipinski definition) is 17. The van der Waals surface area contributed by atoms with Crippen molar-refractivity contribution in [3.8, 4) is 0 Å². The lowest BCUT2D eigenvalue weighted by atomic mass is 9.70. The number of hydrogen-bond donors (Lipinski definition) is 4. The lowest BCUT2D eigenvalue weighted by Gasteiger charge is -2.53.